The van der Waals surface area contributed by atoms with Gasteiger partial charge in [-0.25, -0.2) is 9.78 Å². The molecule has 2 heterocycles. The summed E-state index contributed by atoms with van der Waals surface area (Å²) in [6.45, 7) is 8.58. The number of anilines is 1. The maximum atomic E-state index is 13.4. The Labute approximate surface area is 255 Å². The molecule has 0 saturated carbocycles. The standard InChI is InChI=1S/C31H38N4O7S/c1-19(18-39-7)40-23-14-21(15-24(16-23)41-22-10-8-20(9-11-22)28(37)34(5)6)27(36)33-29-32-25-12-13-35(17-26(25)43-29)30(38)42-31(2,3)4/h8-11,14-16,19H,12-13,17-18H2,1-7H3,(H,32,33,36). The molecule has 1 aliphatic rings. The van der Waals surface area contributed by atoms with Crippen molar-refractivity contribution in [3.8, 4) is 17.2 Å². The van der Waals surface area contributed by atoms with Gasteiger partial charge in [0.15, 0.2) is 5.13 Å². The lowest BCUT2D eigenvalue weighted by Gasteiger charge is -2.29. The molecule has 1 unspecified atom stereocenters. The minimum absolute atomic E-state index is 0.116. The van der Waals surface area contributed by atoms with E-state index in [2.05, 4.69) is 10.3 Å². The van der Waals surface area contributed by atoms with Crippen molar-refractivity contribution in [1.82, 2.24) is 14.8 Å². The zero-order chi connectivity index (χ0) is 31.3. The monoisotopic (exact) mass is 610 g/mol. The number of benzene rings is 2. The molecular formula is C31H38N4O7S. The third-order valence-corrected chi connectivity index (χ3v) is 7.23. The van der Waals surface area contributed by atoms with Gasteiger partial charge in [0, 0.05) is 56.2 Å². The summed E-state index contributed by atoms with van der Waals surface area (Å²) in [5.41, 5.74) is 1.11. The van der Waals surface area contributed by atoms with Crippen LogP contribution < -0.4 is 14.8 Å². The second kappa shape index (κ2) is 13.4. The second-order valence-electron chi connectivity index (χ2n) is 11.4. The fourth-order valence-electron chi connectivity index (χ4n) is 4.29. The summed E-state index contributed by atoms with van der Waals surface area (Å²) in [4.78, 5) is 46.8. The molecule has 0 radical (unpaired) electrons. The summed E-state index contributed by atoms with van der Waals surface area (Å²) in [7, 11) is 4.97. The van der Waals surface area contributed by atoms with Crippen LogP contribution in [0.4, 0.5) is 9.93 Å². The van der Waals surface area contributed by atoms with E-state index in [-0.39, 0.29) is 18.1 Å². The lowest BCUT2D eigenvalue weighted by molar-refractivity contribution is 0.0225. The summed E-state index contributed by atoms with van der Waals surface area (Å²) in [5, 5.41) is 3.31. The van der Waals surface area contributed by atoms with Crippen LogP contribution in [0.1, 0.15) is 59.0 Å². The van der Waals surface area contributed by atoms with Crippen LogP contribution in [0, 0.1) is 0 Å². The van der Waals surface area contributed by atoms with Gasteiger partial charge in [0.25, 0.3) is 11.8 Å². The molecule has 1 aromatic heterocycles. The lowest BCUT2D eigenvalue weighted by atomic mass is 10.1. The Morgan fingerprint density at radius 3 is 2.40 bits per heavy atom. The van der Waals surface area contributed by atoms with Gasteiger partial charge in [-0.1, -0.05) is 11.3 Å². The average molecular weight is 611 g/mol. The van der Waals surface area contributed by atoms with Crippen molar-refractivity contribution in [2.45, 2.75) is 52.4 Å². The first-order valence-electron chi connectivity index (χ1n) is 13.9. The smallest absolute Gasteiger partial charge is 0.410 e. The van der Waals surface area contributed by atoms with Crippen molar-refractivity contribution in [3.05, 3.63) is 64.2 Å². The fraction of sp³-hybridized carbons (Fsp3) is 0.419. The summed E-state index contributed by atoms with van der Waals surface area (Å²) >= 11 is 1.33. The third-order valence-electron chi connectivity index (χ3n) is 6.23. The number of hydrogen-bond acceptors (Lipinski definition) is 9. The average Bonchev–Trinajstić information content (AvgIpc) is 3.33. The van der Waals surface area contributed by atoms with Crippen molar-refractivity contribution in [3.63, 3.8) is 0 Å². The van der Waals surface area contributed by atoms with Gasteiger partial charge in [-0.2, -0.15) is 0 Å². The highest BCUT2D eigenvalue weighted by Gasteiger charge is 2.28. The number of ether oxygens (including phenoxy) is 4. The molecule has 12 heteroatoms. The molecule has 0 spiro atoms. The van der Waals surface area contributed by atoms with E-state index in [1.807, 2.05) is 27.7 Å². The molecule has 230 valence electrons. The molecule has 1 aliphatic heterocycles. The SMILES string of the molecule is COCC(C)Oc1cc(Oc2ccc(C(=O)N(C)C)cc2)cc(C(=O)Nc2nc3c(s2)CN(C(=O)OC(C)(C)C)CC3)c1. The number of hydrogen-bond donors (Lipinski definition) is 1. The van der Waals surface area contributed by atoms with Gasteiger partial charge < -0.3 is 28.7 Å². The van der Waals surface area contributed by atoms with Gasteiger partial charge in [0.1, 0.15) is 29.0 Å². The maximum Gasteiger partial charge on any atom is 0.410 e. The molecule has 0 bridgehead atoms. The van der Waals surface area contributed by atoms with Crippen LogP contribution >= 0.6 is 11.3 Å². The van der Waals surface area contributed by atoms with Crippen LogP contribution in [0.3, 0.4) is 0 Å². The van der Waals surface area contributed by atoms with Crippen LogP contribution in [0.25, 0.3) is 0 Å². The summed E-state index contributed by atoms with van der Waals surface area (Å²) in [5.74, 6) is 0.792. The Hall–Kier alpha value is -4.16. The number of thiazole rings is 1. The number of methoxy groups -OCH3 is 1. The molecule has 0 aliphatic carbocycles. The van der Waals surface area contributed by atoms with E-state index in [1.165, 1.54) is 16.2 Å². The topological polar surface area (TPSA) is 120 Å². The van der Waals surface area contributed by atoms with Gasteiger partial charge >= 0.3 is 6.09 Å². The zero-order valence-electron chi connectivity index (χ0n) is 25.6. The number of rotatable bonds is 9. The van der Waals surface area contributed by atoms with E-state index in [1.54, 1.807) is 68.6 Å². The maximum absolute atomic E-state index is 13.4. The molecule has 1 N–H and O–H groups in total. The Balaban J connectivity index is 1.52. The predicted molar refractivity (Wildman–Crippen MR) is 163 cm³/mol. The third kappa shape index (κ3) is 8.68. The predicted octanol–water partition coefficient (Wildman–Crippen LogP) is 5.60. The molecular weight excluding hydrogens is 572 g/mol. The van der Waals surface area contributed by atoms with E-state index in [0.29, 0.717) is 59.6 Å². The van der Waals surface area contributed by atoms with E-state index in [9.17, 15) is 14.4 Å². The van der Waals surface area contributed by atoms with Crippen molar-refractivity contribution >= 4 is 34.4 Å². The highest BCUT2D eigenvalue weighted by atomic mass is 32.1. The molecule has 0 saturated heterocycles. The first-order valence-corrected chi connectivity index (χ1v) is 14.7. The van der Waals surface area contributed by atoms with E-state index < -0.39 is 11.5 Å². The Morgan fingerprint density at radius 1 is 1.05 bits per heavy atom. The van der Waals surface area contributed by atoms with E-state index in [4.69, 9.17) is 18.9 Å². The minimum Gasteiger partial charge on any atom is -0.488 e. The molecule has 2 aromatic carbocycles. The van der Waals surface area contributed by atoms with Crippen molar-refractivity contribution < 1.29 is 33.3 Å². The van der Waals surface area contributed by atoms with Crippen LogP contribution in [0.5, 0.6) is 17.2 Å². The summed E-state index contributed by atoms with van der Waals surface area (Å²) in [6.07, 6.45) is -0.0762. The first-order chi connectivity index (χ1) is 20.3. The normalized spacial score (nSPS) is 13.5. The van der Waals surface area contributed by atoms with Gasteiger partial charge in [-0.15, -0.1) is 0 Å². The zero-order valence-corrected chi connectivity index (χ0v) is 26.4. The lowest BCUT2D eigenvalue weighted by Crippen LogP contribution is -2.39. The van der Waals surface area contributed by atoms with Crippen molar-refractivity contribution in [2.24, 2.45) is 0 Å². The molecule has 11 nitrogen and oxygen atoms in total. The second-order valence-corrected chi connectivity index (χ2v) is 12.5. The summed E-state index contributed by atoms with van der Waals surface area (Å²) in [6, 6.07) is 11.7. The molecule has 3 aromatic rings. The van der Waals surface area contributed by atoms with Gasteiger partial charge in [-0.3, -0.25) is 14.9 Å². The van der Waals surface area contributed by atoms with Gasteiger partial charge in [-0.05, 0) is 64.1 Å². The number of carbonyl (C=O) groups excluding carboxylic acids is 3. The van der Waals surface area contributed by atoms with E-state index in [0.717, 1.165) is 10.6 Å². The van der Waals surface area contributed by atoms with Crippen LogP contribution in [0.15, 0.2) is 42.5 Å². The largest absolute Gasteiger partial charge is 0.488 e. The first kappa shape index (κ1) is 31.8. The number of fused-ring (bicyclic) bond motifs is 1. The van der Waals surface area contributed by atoms with Gasteiger partial charge in [0.2, 0.25) is 0 Å². The number of carbonyl (C=O) groups is 3. The fourth-order valence-corrected chi connectivity index (χ4v) is 5.31. The van der Waals surface area contributed by atoms with E-state index >= 15 is 0 Å². The molecule has 4 rings (SSSR count). The highest BCUT2D eigenvalue weighted by Crippen LogP contribution is 2.32. The highest BCUT2D eigenvalue weighted by molar-refractivity contribution is 7.15. The van der Waals surface area contributed by atoms with Crippen molar-refractivity contribution in [1.29, 1.82) is 0 Å². The number of amides is 3. The number of nitrogens with zero attached hydrogens (tertiary/aromatic N) is 3. The molecule has 3 amide bonds. The number of aromatic nitrogens is 1. The molecule has 43 heavy (non-hydrogen) atoms. The Bertz CT molecular complexity index is 1460. The van der Waals surface area contributed by atoms with Crippen molar-refractivity contribution in [2.75, 3.05) is 39.7 Å². The minimum atomic E-state index is -0.582. The van der Waals surface area contributed by atoms with Crippen LogP contribution in [0.2, 0.25) is 0 Å². The van der Waals surface area contributed by atoms with Gasteiger partial charge in [0.05, 0.1) is 18.8 Å². The number of nitrogens with one attached hydrogen (secondary N) is 1. The summed E-state index contributed by atoms with van der Waals surface area (Å²) < 4.78 is 22.7. The van der Waals surface area contributed by atoms with Crippen LogP contribution in [-0.4, -0.2) is 78.8 Å². The quantitative estimate of drug-likeness (QED) is 0.333. The Morgan fingerprint density at radius 2 is 1.74 bits per heavy atom. The Kier molecular flexibility index (Phi) is 9.92. The molecule has 1 atom stereocenters. The van der Waals surface area contributed by atoms with Crippen LogP contribution in [-0.2, 0) is 22.4 Å². The molecule has 0 fully saturated rings.